The zero-order valence-corrected chi connectivity index (χ0v) is 22.8. The number of carbonyl (C=O) groups excluding carboxylic acids is 4. The van der Waals surface area contributed by atoms with Gasteiger partial charge in [0, 0.05) is 17.6 Å². The Morgan fingerprint density at radius 2 is 1.75 bits per heavy atom. The number of nitrogens with zero attached hydrogens (tertiary/aromatic N) is 2. The van der Waals surface area contributed by atoms with E-state index in [1.165, 1.54) is 11.3 Å². The number of carbonyl (C=O) groups is 4. The van der Waals surface area contributed by atoms with Gasteiger partial charge in [-0.3, -0.25) is 24.2 Å². The fourth-order valence-corrected chi connectivity index (χ4v) is 3.39. The topological polar surface area (TPSA) is 160 Å². The van der Waals surface area contributed by atoms with Gasteiger partial charge in [-0.25, -0.2) is 4.39 Å². The smallest absolute Gasteiger partial charge is 0.252 e. The highest BCUT2D eigenvalue weighted by Gasteiger charge is 2.34. The summed E-state index contributed by atoms with van der Waals surface area (Å²) in [4.78, 5) is 52.7. The minimum absolute atomic E-state index is 0.182. The highest BCUT2D eigenvalue weighted by atomic mass is 79.9. The molecule has 10 nitrogen and oxygen atoms in total. The summed E-state index contributed by atoms with van der Waals surface area (Å²) in [6.07, 6.45) is 3.34. The molecule has 0 spiro atoms. The molecule has 12 heteroatoms. The quantitative estimate of drug-likeness (QED) is 0.261. The van der Waals surface area contributed by atoms with Crippen LogP contribution in [-0.2, 0) is 14.4 Å². The van der Waals surface area contributed by atoms with E-state index in [2.05, 4.69) is 45.4 Å². The van der Waals surface area contributed by atoms with Crippen molar-refractivity contribution in [2.75, 3.05) is 32.9 Å². The fraction of sp³-hybridized carbons (Fsp3) is 0.542. The standard InChI is InChI=1S/C17H19BrFN3O4.C4H11N3.C3H8/c18-13-5-2-1-4-12(13)16(25)21-10-15(24)22-7-3-6-14(22)17(26)20-9-11(23)8-19;1-2-3-7-4(5)6;1-3-2/h1-2,4-5,14H,3,6-10H2,(H,20,26)(H,21,25);2-3H2,1H3,(H4,5,6,7);3H2,1-2H3. The zero-order valence-electron chi connectivity index (χ0n) is 21.2. The largest absolute Gasteiger partial charge is 0.370 e. The van der Waals surface area contributed by atoms with Crippen LogP contribution in [0, 0.1) is 0 Å². The lowest BCUT2D eigenvalue weighted by Gasteiger charge is -2.24. The predicted octanol–water partition coefficient (Wildman–Crippen LogP) is 1.91. The molecule has 1 aliphatic heterocycles. The van der Waals surface area contributed by atoms with Gasteiger partial charge in [-0.1, -0.05) is 39.3 Å². The number of guanidine groups is 1. The first-order valence-corrected chi connectivity index (χ1v) is 12.6. The Morgan fingerprint density at radius 1 is 1.11 bits per heavy atom. The summed E-state index contributed by atoms with van der Waals surface area (Å²) in [6, 6.07) is 6.11. The molecule has 2 rings (SSSR count). The molecular weight excluding hydrogens is 535 g/mol. The van der Waals surface area contributed by atoms with Gasteiger partial charge in [0.05, 0.1) is 18.7 Å². The van der Waals surface area contributed by atoms with Gasteiger partial charge in [-0.05, 0) is 47.3 Å². The van der Waals surface area contributed by atoms with Gasteiger partial charge in [-0.15, -0.1) is 0 Å². The van der Waals surface area contributed by atoms with Gasteiger partial charge in [0.15, 0.2) is 11.7 Å². The van der Waals surface area contributed by atoms with Gasteiger partial charge < -0.3 is 27.0 Å². The number of hydrogen-bond acceptors (Lipinski definition) is 5. The number of benzene rings is 1. The van der Waals surface area contributed by atoms with Crippen LogP contribution in [0.1, 0.15) is 56.8 Å². The summed E-state index contributed by atoms with van der Waals surface area (Å²) in [5.74, 6) is -1.83. The molecule has 1 aliphatic rings. The van der Waals surface area contributed by atoms with E-state index < -0.39 is 36.9 Å². The van der Waals surface area contributed by atoms with E-state index in [1.807, 2.05) is 6.92 Å². The van der Waals surface area contributed by atoms with E-state index in [1.54, 1.807) is 24.3 Å². The van der Waals surface area contributed by atoms with E-state index in [0.717, 1.165) is 13.0 Å². The highest BCUT2D eigenvalue weighted by Crippen LogP contribution is 2.18. The molecule has 36 heavy (non-hydrogen) atoms. The second kappa shape index (κ2) is 19.2. The molecule has 1 saturated heterocycles. The summed E-state index contributed by atoms with van der Waals surface area (Å²) in [5.41, 5.74) is 10.4. The van der Waals surface area contributed by atoms with E-state index >= 15 is 0 Å². The average Bonchev–Trinajstić information content (AvgIpc) is 3.35. The first-order chi connectivity index (χ1) is 17.1. The number of alkyl halides is 1. The van der Waals surface area contributed by atoms with Crippen LogP contribution in [0.4, 0.5) is 4.39 Å². The van der Waals surface area contributed by atoms with Crippen LogP contribution >= 0.6 is 15.9 Å². The van der Waals surface area contributed by atoms with Gasteiger partial charge in [0.2, 0.25) is 11.8 Å². The number of halogens is 2. The van der Waals surface area contributed by atoms with Gasteiger partial charge in [-0.2, -0.15) is 0 Å². The number of ketones is 1. The third-order valence-corrected chi connectivity index (χ3v) is 5.21. The van der Waals surface area contributed by atoms with Crippen molar-refractivity contribution in [1.29, 1.82) is 0 Å². The molecule has 1 unspecified atom stereocenters. The summed E-state index contributed by atoms with van der Waals surface area (Å²) in [7, 11) is 0. The summed E-state index contributed by atoms with van der Waals surface area (Å²) in [6.45, 7) is 5.61. The number of likely N-dealkylation sites (tertiary alicyclic amines) is 1. The van der Waals surface area contributed by atoms with Crippen LogP contribution in [0.15, 0.2) is 33.7 Å². The van der Waals surface area contributed by atoms with Gasteiger partial charge in [0.25, 0.3) is 5.91 Å². The third kappa shape index (κ3) is 13.2. The maximum atomic E-state index is 12.4. The van der Waals surface area contributed by atoms with Crippen molar-refractivity contribution in [3.8, 4) is 0 Å². The van der Waals surface area contributed by atoms with Gasteiger partial charge in [0.1, 0.15) is 12.7 Å². The van der Waals surface area contributed by atoms with Crippen molar-refractivity contribution < 1.29 is 23.6 Å². The Hall–Kier alpha value is -3.02. The van der Waals surface area contributed by atoms with Crippen LogP contribution in [0.2, 0.25) is 0 Å². The molecule has 3 amide bonds. The second-order valence-electron chi connectivity index (χ2n) is 7.81. The number of nitrogens with two attached hydrogens (primary N) is 2. The van der Waals surface area contributed by atoms with E-state index in [0.29, 0.717) is 29.4 Å². The lowest BCUT2D eigenvalue weighted by Crippen LogP contribution is -2.49. The monoisotopic (exact) mass is 572 g/mol. The number of Topliss-reactive ketones (excluding diaryl/α,β-unsaturated/α-hetero) is 1. The Bertz CT molecular complexity index is 880. The summed E-state index contributed by atoms with van der Waals surface area (Å²) in [5, 5.41) is 4.88. The Kier molecular flexibility index (Phi) is 17.6. The van der Waals surface area contributed by atoms with Gasteiger partial charge >= 0.3 is 0 Å². The van der Waals surface area contributed by atoms with E-state index in [-0.39, 0.29) is 18.4 Å². The minimum atomic E-state index is -1.14. The average molecular weight is 574 g/mol. The van der Waals surface area contributed by atoms with E-state index in [9.17, 15) is 23.6 Å². The number of nitrogens with one attached hydrogen (secondary N) is 2. The summed E-state index contributed by atoms with van der Waals surface area (Å²) < 4.78 is 12.8. The third-order valence-electron chi connectivity index (χ3n) is 4.52. The molecule has 1 heterocycles. The fourth-order valence-electron chi connectivity index (χ4n) is 2.93. The number of hydrogen-bond donors (Lipinski definition) is 4. The van der Waals surface area contributed by atoms with Crippen LogP contribution in [0.5, 0.6) is 0 Å². The lowest BCUT2D eigenvalue weighted by molar-refractivity contribution is -0.138. The predicted molar refractivity (Wildman–Crippen MR) is 142 cm³/mol. The first-order valence-electron chi connectivity index (χ1n) is 11.9. The van der Waals surface area contributed by atoms with Crippen molar-refractivity contribution in [3.63, 3.8) is 0 Å². The molecule has 202 valence electrons. The summed E-state index contributed by atoms with van der Waals surface area (Å²) >= 11 is 3.27. The Morgan fingerprint density at radius 3 is 2.28 bits per heavy atom. The molecule has 6 N–H and O–H groups in total. The Labute approximate surface area is 220 Å². The SMILES string of the molecule is CCC.CCCN=C(N)N.O=C(CF)CNC(=O)C1CCCN1C(=O)CNC(=O)c1ccccc1Br. The molecule has 0 saturated carbocycles. The molecule has 0 aromatic heterocycles. The van der Waals surface area contributed by atoms with Crippen LogP contribution in [0.3, 0.4) is 0 Å². The first kappa shape index (κ1) is 33.0. The molecule has 0 aliphatic carbocycles. The Balaban J connectivity index is 0.00000104. The number of amides is 3. The van der Waals surface area contributed by atoms with Crippen molar-refractivity contribution >= 4 is 45.4 Å². The lowest BCUT2D eigenvalue weighted by atomic mass is 10.2. The zero-order chi connectivity index (χ0) is 27.5. The maximum absolute atomic E-state index is 12.4. The maximum Gasteiger partial charge on any atom is 0.252 e. The molecule has 0 radical (unpaired) electrons. The minimum Gasteiger partial charge on any atom is -0.370 e. The number of rotatable bonds is 9. The molecule has 0 bridgehead atoms. The molecule has 1 fully saturated rings. The normalized spacial score (nSPS) is 13.8. The second-order valence-corrected chi connectivity index (χ2v) is 8.67. The van der Waals surface area contributed by atoms with Crippen molar-refractivity contribution in [2.24, 2.45) is 16.5 Å². The van der Waals surface area contributed by atoms with Crippen molar-refractivity contribution in [2.45, 2.75) is 52.5 Å². The molecule has 1 atom stereocenters. The van der Waals surface area contributed by atoms with E-state index in [4.69, 9.17) is 11.5 Å². The van der Waals surface area contributed by atoms with Crippen molar-refractivity contribution in [3.05, 3.63) is 34.3 Å². The molecular formula is C24H38BrFN6O4. The number of aliphatic imine (C=N–C) groups is 1. The highest BCUT2D eigenvalue weighted by molar-refractivity contribution is 9.10. The van der Waals surface area contributed by atoms with Crippen LogP contribution < -0.4 is 22.1 Å². The molecule has 1 aromatic rings. The van der Waals surface area contributed by atoms with Crippen molar-refractivity contribution in [1.82, 2.24) is 15.5 Å². The molecule has 1 aromatic carbocycles. The van der Waals surface area contributed by atoms with Crippen LogP contribution in [0.25, 0.3) is 0 Å². The van der Waals surface area contributed by atoms with Crippen LogP contribution in [-0.4, -0.2) is 73.3 Å².